The van der Waals surface area contributed by atoms with Crippen LogP contribution in [0.15, 0.2) is 24.3 Å². The van der Waals surface area contributed by atoms with Gasteiger partial charge in [-0.3, -0.25) is 9.69 Å². The number of carbonyl (C=O) groups is 1. The molecule has 2 heterocycles. The second-order valence-corrected chi connectivity index (χ2v) is 11.1. The Morgan fingerprint density at radius 2 is 1.81 bits per heavy atom. The number of aryl methyl sites for hydroxylation is 1. The van der Waals surface area contributed by atoms with Gasteiger partial charge in [0.1, 0.15) is 17.2 Å². The van der Waals surface area contributed by atoms with Crippen LogP contribution in [-0.2, 0) is 11.2 Å². The number of benzene rings is 2. The third kappa shape index (κ3) is 4.60. The van der Waals surface area contributed by atoms with Crippen LogP contribution < -0.4 is 4.74 Å². The van der Waals surface area contributed by atoms with E-state index in [2.05, 4.69) is 4.90 Å². The molecule has 2 aromatic rings. The molecule has 194 valence electrons. The standard InChI is InChI=1S/C28H31ClF3NO3/c1-15(27(34)35)23(17-3-4-17)20-6-5-18-7-8-28(36-26(18)25(20)32)9-11-33(12-10-28)16(2)21-13-19(30)14-22(31)24(21)29/h5-6,13-17,23H,3-4,7-12H2,1-2H3,(H,34,35). The molecule has 3 atom stereocenters. The number of carboxylic acids is 1. The van der Waals surface area contributed by atoms with Gasteiger partial charge in [0, 0.05) is 31.1 Å². The molecule has 0 aromatic heterocycles. The van der Waals surface area contributed by atoms with Crippen molar-refractivity contribution in [2.75, 3.05) is 13.1 Å². The zero-order chi connectivity index (χ0) is 25.8. The van der Waals surface area contributed by atoms with E-state index in [9.17, 15) is 18.7 Å². The van der Waals surface area contributed by atoms with Gasteiger partial charge in [-0.2, -0.15) is 0 Å². The van der Waals surface area contributed by atoms with E-state index in [4.69, 9.17) is 16.3 Å². The minimum Gasteiger partial charge on any atom is -0.484 e. The molecule has 3 aliphatic rings. The lowest BCUT2D eigenvalue weighted by atomic mass is 9.79. The highest BCUT2D eigenvalue weighted by atomic mass is 35.5. The van der Waals surface area contributed by atoms with Crippen molar-refractivity contribution in [3.63, 3.8) is 0 Å². The van der Waals surface area contributed by atoms with Crippen molar-refractivity contribution in [2.45, 2.75) is 69.9 Å². The van der Waals surface area contributed by atoms with Crippen LogP contribution in [0.5, 0.6) is 5.75 Å². The lowest BCUT2D eigenvalue weighted by Gasteiger charge is -2.46. The maximum Gasteiger partial charge on any atom is 0.306 e. The average Bonchev–Trinajstić information content (AvgIpc) is 3.68. The number of halogens is 4. The summed E-state index contributed by atoms with van der Waals surface area (Å²) in [4.78, 5) is 13.8. The van der Waals surface area contributed by atoms with Gasteiger partial charge in [0.25, 0.3) is 0 Å². The highest BCUT2D eigenvalue weighted by Crippen LogP contribution is 2.50. The number of aliphatic carboxylic acids is 1. The molecule has 1 saturated heterocycles. The van der Waals surface area contributed by atoms with E-state index in [-0.39, 0.29) is 28.6 Å². The Morgan fingerprint density at radius 1 is 1.11 bits per heavy atom. The smallest absolute Gasteiger partial charge is 0.306 e. The molecular formula is C28H31ClF3NO3. The van der Waals surface area contributed by atoms with Crippen molar-refractivity contribution < 1.29 is 27.8 Å². The summed E-state index contributed by atoms with van der Waals surface area (Å²) >= 11 is 6.13. The number of carboxylic acid groups (broad SMARTS) is 1. The molecule has 0 bridgehead atoms. The highest BCUT2D eigenvalue weighted by Gasteiger charge is 2.44. The van der Waals surface area contributed by atoms with Crippen LogP contribution in [0.1, 0.15) is 74.6 Å². The van der Waals surface area contributed by atoms with Crippen molar-refractivity contribution in [3.8, 4) is 5.75 Å². The van der Waals surface area contributed by atoms with Crippen molar-refractivity contribution >= 4 is 17.6 Å². The van der Waals surface area contributed by atoms with Crippen LogP contribution in [0.25, 0.3) is 0 Å². The van der Waals surface area contributed by atoms with Gasteiger partial charge in [-0.1, -0.05) is 30.7 Å². The second-order valence-electron chi connectivity index (χ2n) is 10.7. The summed E-state index contributed by atoms with van der Waals surface area (Å²) in [6.45, 7) is 4.77. The fourth-order valence-electron chi connectivity index (χ4n) is 6.09. The highest BCUT2D eigenvalue weighted by molar-refractivity contribution is 6.31. The third-order valence-electron chi connectivity index (χ3n) is 8.52. The normalized spacial score (nSPS) is 21.9. The quantitative estimate of drug-likeness (QED) is 0.420. The van der Waals surface area contributed by atoms with E-state index in [1.165, 1.54) is 6.07 Å². The summed E-state index contributed by atoms with van der Waals surface area (Å²) in [7, 11) is 0. The number of fused-ring (bicyclic) bond motifs is 1. The van der Waals surface area contributed by atoms with Crippen LogP contribution in [-0.4, -0.2) is 34.7 Å². The van der Waals surface area contributed by atoms with Crippen molar-refractivity contribution in [2.24, 2.45) is 11.8 Å². The number of nitrogens with zero attached hydrogens (tertiary/aromatic N) is 1. The van der Waals surface area contributed by atoms with Crippen molar-refractivity contribution in [3.05, 3.63) is 63.4 Å². The van der Waals surface area contributed by atoms with Crippen LogP contribution in [0.2, 0.25) is 5.02 Å². The topological polar surface area (TPSA) is 49.8 Å². The van der Waals surface area contributed by atoms with E-state index in [0.717, 1.165) is 30.9 Å². The van der Waals surface area contributed by atoms with E-state index < -0.39 is 34.9 Å². The number of rotatable bonds is 6. The molecule has 5 rings (SSSR count). The zero-order valence-electron chi connectivity index (χ0n) is 20.5. The molecule has 36 heavy (non-hydrogen) atoms. The first-order valence-electron chi connectivity index (χ1n) is 12.7. The Kier molecular flexibility index (Phi) is 6.75. The van der Waals surface area contributed by atoms with E-state index in [0.29, 0.717) is 43.5 Å². The number of hydrogen-bond acceptors (Lipinski definition) is 3. The lowest BCUT2D eigenvalue weighted by Crippen LogP contribution is -2.50. The largest absolute Gasteiger partial charge is 0.484 e. The van der Waals surface area contributed by atoms with Gasteiger partial charge in [-0.15, -0.1) is 0 Å². The molecule has 1 spiro atoms. The molecule has 2 fully saturated rings. The van der Waals surface area contributed by atoms with Crippen LogP contribution >= 0.6 is 11.6 Å². The predicted molar refractivity (Wildman–Crippen MR) is 131 cm³/mol. The minimum atomic E-state index is -0.916. The van der Waals surface area contributed by atoms with Gasteiger partial charge in [-0.25, -0.2) is 13.2 Å². The lowest BCUT2D eigenvalue weighted by molar-refractivity contribution is -0.142. The summed E-state index contributed by atoms with van der Waals surface area (Å²) in [5.41, 5.74) is 1.15. The van der Waals surface area contributed by atoms with Gasteiger partial charge in [0.2, 0.25) is 0 Å². The molecule has 1 saturated carbocycles. The summed E-state index contributed by atoms with van der Waals surface area (Å²) in [5.74, 6) is -3.36. The Labute approximate surface area is 214 Å². The Hall–Kier alpha value is -2.25. The molecule has 3 unspecified atom stereocenters. The zero-order valence-corrected chi connectivity index (χ0v) is 21.3. The second kappa shape index (κ2) is 9.56. The monoisotopic (exact) mass is 521 g/mol. The van der Waals surface area contributed by atoms with Crippen LogP contribution in [0, 0.1) is 29.3 Å². The van der Waals surface area contributed by atoms with Crippen LogP contribution in [0.3, 0.4) is 0 Å². The molecular weight excluding hydrogens is 491 g/mol. The van der Waals surface area contributed by atoms with Gasteiger partial charge in [0.05, 0.1) is 10.9 Å². The molecule has 0 amide bonds. The summed E-state index contributed by atoms with van der Waals surface area (Å²) in [5, 5.41) is 9.54. The predicted octanol–water partition coefficient (Wildman–Crippen LogP) is 6.89. The number of piperidine rings is 1. The summed E-state index contributed by atoms with van der Waals surface area (Å²) in [6.07, 6.45) is 4.56. The van der Waals surface area contributed by atoms with Gasteiger partial charge in [0.15, 0.2) is 11.6 Å². The molecule has 4 nitrogen and oxygen atoms in total. The Morgan fingerprint density at radius 3 is 2.44 bits per heavy atom. The summed E-state index contributed by atoms with van der Waals surface area (Å²) < 4.78 is 50.1. The van der Waals surface area contributed by atoms with E-state index in [1.54, 1.807) is 13.0 Å². The fourth-order valence-corrected chi connectivity index (χ4v) is 6.36. The first-order valence-corrected chi connectivity index (χ1v) is 13.1. The fraction of sp³-hybridized carbons (Fsp3) is 0.536. The number of hydrogen-bond donors (Lipinski definition) is 1. The number of likely N-dealkylation sites (tertiary alicyclic amines) is 1. The van der Waals surface area contributed by atoms with Gasteiger partial charge < -0.3 is 9.84 Å². The first-order chi connectivity index (χ1) is 17.1. The number of ether oxygens (including phenoxy) is 1. The molecule has 1 N–H and O–H groups in total. The molecule has 1 aliphatic carbocycles. The molecule has 8 heteroatoms. The minimum absolute atomic E-state index is 0.0672. The maximum absolute atomic E-state index is 15.9. The van der Waals surface area contributed by atoms with Gasteiger partial charge in [-0.05, 0) is 74.1 Å². The molecule has 2 aromatic carbocycles. The Bertz CT molecular complexity index is 1180. The summed E-state index contributed by atoms with van der Waals surface area (Å²) in [6, 6.07) is 5.42. The SMILES string of the molecule is CC(C(=O)O)C(c1ccc2c(c1F)OC1(CC2)CCN(C(C)c2cc(F)cc(F)c2Cl)CC1)C1CC1. The first kappa shape index (κ1) is 25.4. The Balaban J connectivity index is 1.34. The molecule has 0 radical (unpaired) electrons. The van der Waals surface area contributed by atoms with Gasteiger partial charge >= 0.3 is 5.97 Å². The maximum atomic E-state index is 15.9. The molecule has 2 aliphatic heterocycles. The third-order valence-corrected chi connectivity index (χ3v) is 8.92. The average molecular weight is 522 g/mol. The van der Waals surface area contributed by atoms with Crippen molar-refractivity contribution in [1.82, 2.24) is 4.90 Å². The van der Waals surface area contributed by atoms with E-state index in [1.807, 2.05) is 13.0 Å². The van der Waals surface area contributed by atoms with Crippen LogP contribution in [0.4, 0.5) is 13.2 Å². The van der Waals surface area contributed by atoms with E-state index >= 15 is 4.39 Å². The van der Waals surface area contributed by atoms with Crippen molar-refractivity contribution in [1.29, 1.82) is 0 Å².